The van der Waals surface area contributed by atoms with Crippen molar-refractivity contribution in [2.45, 2.75) is 40.0 Å². The molecule has 0 fully saturated rings. The highest BCUT2D eigenvalue weighted by atomic mass is 16.5. The van der Waals surface area contributed by atoms with Crippen LogP contribution in [0.3, 0.4) is 0 Å². The number of aliphatic hydroxyl groups excluding tert-OH is 1. The molecule has 0 saturated heterocycles. The van der Waals surface area contributed by atoms with E-state index in [-0.39, 0.29) is 12.0 Å². The van der Waals surface area contributed by atoms with E-state index in [4.69, 9.17) is 9.73 Å². The summed E-state index contributed by atoms with van der Waals surface area (Å²) in [6.45, 7) is 9.57. The molecule has 1 rings (SSSR count). The van der Waals surface area contributed by atoms with Crippen LogP contribution < -0.4 is 10.1 Å². The molecule has 0 heterocycles. The second kappa shape index (κ2) is 11.7. The van der Waals surface area contributed by atoms with E-state index in [1.165, 1.54) is 0 Å². The Morgan fingerprint density at radius 2 is 1.88 bits per heavy atom. The van der Waals surface area contributed by atoms with Crippen molar-refractivity contribution in [3.05, 3.63) is 30.3 Å². The van der Waals surface area contributed by atoms with Crippen molar-refractivity contribution in [1.82, 2.24) is 10.2 Å². The minimum atomic E-state index is 0.0802. The van der Waals surface area contributed by atoms with Crippen molar-refractivity contribution >= 4 is 5.96 Å². The monoisotopic (exact) mass is 349 g/mol. The first-order chi connectivity index (χ1) is 12.1. The van der Waals surface area contributed by atoms with Gasteiger partial charge in [0, 0.05) is 26.7 Å². The Hall–Kier alpha value is -1.75. The van der Waals surface area contributed by atoms with Crippen LogP contribution in [-0.4, -0.2) is 55.9 Å². The lowest BCUT2D eigenvalue weighted by atomic mass is 9.79. The second-order valence-electron chi connectivity index (χ2n) is 6.43. The average molecular weight is 350 g/mol. The molecular weight excluding hydrogens is 314 g/mol. The van der Waals surface area contributed by atoms with E-state index < -0.39 is 0 Å². The van der Waals surface area contributed by atoms with Crippen molar-refractivity contribution in [1.29, 1.82) is 0 Å². The molecule has 0 aliphatic heterocycles. The van der Waals surface area contributed by atoms with Crippen LogP contribution in [0.1, 0.15) is 40.0 Å². The van der Waals surface area contributed by atoms with Crippen LogP contribution in [0.4, 0.5) is 0 Å². The smallest absolute Gasteiger partial charge is 0.193 e. The second-order valence-corrected chi connectivity index (χ2v) is 6.43. The first-order valence-corrected chi connectivity index (χ1v) is 9.39. The number of rotatable bonds is 11. The van der Waals surface area contributed by atoms with Gasteiger partial charge in [0.05, 0.1) is 6.54 Å². The minimum absolute atomic E-state index is 0.0802. The lowest BCUT2D eigenvalue weighted by molar-refractivity contribution is 0.175. The number of aliphatic hydroxyl groups is 1. The van der Waals surface area contributed by atoms with Crippen molar-refractivity contribution in [2.75, 3.05) is 39.9 Å². The van der Waals surface area contributed by atoms with E-state index in [2.05, 4.69) is 31.0 Å². The summed E-state index contributed by atoms with van der Waals surface area (Å²) in [6.07, 6.45) is 2.84. The van der Waals surface area contributed by atoms with Crippen molar-refractivity contribution in [2.24, 2.45) is 10.4 Å². The molecule has 0 spiro atoms. The van der Waals surface area contributed by atoms with Gasteiger partial charge in [0.25, 0.3) is 0 Å². The zero-order valence-corrected chi connectivity index (χ0v) is 16.3. The largest absolute Gasteiger partial charge is 0.492 e. The van der Waals surface area contributed by atoms with Gasteiger partial charge in [-0.15, -0.1) is 0 Å². The Labute approximate surface area is 153 Å². The Kier molecular flexibility index (Phi) is 10.0. The highest BCUT2D eigenvalue weighted by Crippen LogP contribution is 2.30. The molecule has 0 aliphatic carbocycles. The molecule has 0 radical (unpaired) electrons. The predicted octanol–water partition coefficient (Wildman–Crippen LogP) is 3.15. The molecule has 25 heavy (non-hydrogen) atoms. The van der Waals surface area contributed by atoms with Gasteiger partial charge < -0.3 is 20.1 Å². The summed E-state index contributed by atoms with van der Waals surface area (Å²) in [7, 11) is 2.03. The quantitative estimate of drug-likeness (QED) is 0.476. The fourth-order valence-corrected chi connectivity index (χ4v) is 2.78. The van der Waals surface area contributed by atoms with Gasteiger partial charge in [-0.05, 0) is 43.7 Å². The third kappa shape index (κ3) is 7.34. The summed E-state index contributed by atoms with van der Waals surface area (Å²) in [6, 6.07) is 9.85. The Morgan fingerprint density at radius 1 is 1.20 bits per heavy atom. The van der Waals surface area contributed by atoms with Gasteiger partial charge in [-0.25, -0.2) is 0 Å². The molecule has 0 aliphatic rings. The average Bonchev–Trinajstić information content (AvgIpc) is 2.65. The Bertz CT molecular complexity index is 487. The predicted molar refractivity (Wildman–Crippen MR) is 105 cm³/mol. The first-order valence-electron chi connectivity index (χ1n) is 9.39. The number of para-hydroxylation sites is 1. The Balaban J connectivity index is 2.63. The van der Waals surface area contributed by atoms with Crippen molar-refractivity contribution in [3.8, 4) is 5.75 Å². The molecule has 0 atom stereocenters. The van der Waals surface area contributed by atoms with Crippen LogP contribution in [-0.2, 0) is 0 Å². The fourth-order valence-electron chi connectivity index (χ4n) is 2.78. The lowest BCUT2D eigenvalue weighted by Crippen LogP contribution is -2.41. The van der Waals surface area contributed by atoms with Crippen molar-refractivity contribution in [3.63, 3.8) is 0 Å². The summed E-state index contributed by atoms with van der Waals surface area (Å²) in [5.74, 6) is 1.78. The van der Waals surface area contributed by atoms with Crippen LogP contribution in [0, 0.1) is 5.41 Å². The summed E-state index contributed by atoms with van der Waals surface area (Å²) in [4.78, 5) is 6.94. The van der Waals surface area contributed by atoms with E-state index in [9.17, 15) is 5.11 Å². The molecule has 1 aromatic carbocycles. The molecule has 5 nitrogen and oxygen atoms in total. The molecule has 0 saturated carbocycles. The summed E-state index contributed by atoms with van der Waals surface area (Å²) < 4.78 is 5.77. The van der Waals surface area contributed by atoms with Crippen molar-refractivity contribution < 1.29 is 9.84 Å². The van der Waals surface area contributed by atoms with Gasteiger partial charge in [0.15, 0.2) is 5.96 Å². The summed E-state index contributed by atoms with van der Waals surface area (Å²) in [5.41, 5.74) is 0.0802. The number of guanidine groups is 1. The molecule has 1 aromatic rings. The molecule has 0 amide bonds. The van der Waals surface area contributed by atoms with Crippen LogP contribution in [0.25, 0.3) is 0 Å². The molecule has 0 bridgehead atoms. The van der Waals surface area contributed by atoms with Gasteiger partial charge in [-0.3, -0.25) is 4.99 Å². The van der Waals surface area contributed by atoms with E-state index in [1.807, 2.05) is 37.4 Å². The third-order valence-electron chi connectivity index (χ3n) is 4.84. The van der Waals surface area contributed by atoms with Crippen LogP contribution in [0.15, 0.2) is 35.3 Å². The topological polar surface area (TPSA) is 57.1 Å². The molecule has 2 N–H and O–H groups in total. The highest BCUT2D eigenvalue weighted by molar-refractivity contribution is 5.79. The van der Waals surface area contributed by atoms with E-state index >= 15 is 0 Å². The molecule has 0 aromatic heterocycles. The summed E-state index contributed by atoms with van der Waals surface area (Å²) in [5, 5.41) is 12.7. The number of hydrogen-bond donors (Lipinski definition) is 2. The summed E-state index contributed by atoms with van der Waals surface area (Å²) >= 11 is 0. The number of benzene rings is 1. The Morgan fingerprint density at radius 3 is 2.44 bits per heavy atom. The number of ether oxygens (including phenoxy) is 1. The number of hydrogen-bond acceptors (Lipinski definition) is 3. The number of nitrogens with zero attached hydrogens (tertiary/aromatic N) is 2. The highest BCUT2D eigenvalue weighted by Gasteiger charge is 2.25. The maximum atomic E-state index is 9.38. The van der Waals surface area contributed by atoms with Gasteiger partial charge >= 0.3 is 0 Å². The maximum absolute atomic E-state index is 9.38. The van der Waals surface area contributed by atoms with Crippen LogP contribution in [0.5, 0.6) is 5.75 Å². The maximum Gasteiger partial charge on any atom is 0.193 e. The molecule has 0 unspecified atom stereocenters. The van der Waals surface area contributed by atoms with Gasteiger partial charge in [0.2, 0.25) is 0 Å². The standard InChI is InChI=1S/C20H35N3O2/c1-5-20(6-2,13-15-24)17-22-19(21-7-3)23(4)14-16-25-18-11-9-8-10-12-18/h8-12,24H,5-7,13-17H2,1-4H3,(H,21,22). The lowest BCUT2D eigenvalue weighted by Gasteiger charge is -2.30. The van der Waals surface area contributed by atoms with E-state index in [0.29, 0.717) is 6.61 Å². The van der Waals surface area contributed by atoms with Gasteiger partial charge in [-0.2, -0.15) is 0 Å². The molecule has 142 valence electrons. The van der Waals surface area contributed by atoms with Gasteiger partial charge in [0.1, 0.15) is 12.4 Å². The zero-order valence-electron chi connectivity index (χ0n) is 16.3. The third-order valence-corrected chi connectivity index (χ3v) is 4.84. The zero-order chi connectivity index (χ0) is 18.5. The normalized spacial score (nSPS) is 12.1. The number of aliphatic imine (C=N–C) groups is 1. The number of nitrogens with one attached hydrogen (secondary N) is 1. The first kappa shape index (κ1) is 21.3. The minimum Gasteiger partial charge on any atom is -0.492 e. The molecular formula is C20H35N3O2. The SMILES string of the molecule is CCNC(=NCC(CC)(CC)CCO)N(C)CCOc1ccccc1. The fraction of sp³-hybridized carbons (Fsp3) is 0.650. The van der Waals surface area contributed by atoms with Crippen LogP contribution >= 0.6 is 0 Å². The molecule has 5 heteroatoms. The van der Waals surface area contributed by atoms with Crippen LogP contribution in [0.2, 0.25) is 0 Å². The van der Waals surface area contributed by atoms with E-state index in [1.54, 1.807) is 0 Å². The van der Waals surface area contributed by atoms with E-state index in [0.717, 1.165) is 50.6 Å². The number of likely N-dealkylation sites (N-methyl/N-ethyl adjacent to an activating group) is 1. The van der Waals surface area contributed by atoms with Gasteiger partial charge in [-0.1, -0.05) is 32.0 Å².